The van der Waals surface area contributed by atoms with Crippen molar-refractivity contribution in [1.82, 2.24) is 5.32 Å². The van der Waals surface area contributed by atoms with Gasteiger partial charge in [-0.25, -0.2) is 8.42 Å². The summed E-state index contributed by atoms with van der Waals surface area (Å²) < 4.78 is 33.3. The molecular weight excluding hydrogens is 284 g/mol. The van der Waals surface area contributed by atoms with Crippen LogP contribution in [0.4, 0.5) is 0 Å². The molecule has 0 rings (SSSR count). The molecule has 7 nitrogen and oxygen atoms in total. The van der Waals surface area contributed by atoms with E-state index in [1.807, 2.05) is 0 Å². The molecule has 0 aliphatic heterocycles. The quantitative estimate of drug-likeness (QED) is 0.170. The molecular formula is C12H24N2O5S. The van der Waals surface area contributed by atoms with Gasteiger partial charge >= 0.3 is 0 Å². The molecule has 0 unspecified atom stereocenters. The average molecular weight is 308 g/mol. The Morgan fingerprint density at radius 2 is 1.90 bits per heavy atom. The molecule has 0 radical (unpaired) electrons. The highest BCUT2D eigenvalue weighted by atomic mass is 32.3. The van der Waals surface area contributed by atoms with Crippen LogP contribution in [0.5, 0.6) is 0 Å². The Kier molecular flexibility index (Phi) is 11.1. The van der Waals surface area contributed by atoms with E-state index in [0.29, 0.717) is 0 Å². The van der Waals surface area contributed by atoms with E-state index < -0.39 is 10.4 Å². The summed E-state index contributed by atoms with van der Waals surface area (Å²) in [5.41, 5.74) is 0. The summed E-state index contributed by atoms with van der Waals surface area (Å²) in [5, 5.41) is 2.74. The van der Waals surface area contributed by atoms with Gasteiger partial charge in [0.15, 0.2) is 0 Å². The Morgan fingerprint density at radius 1 is 1.35 bits per heavy atom. The van der Waals surface area contributed by atoms with Crippen LogP contribution in [0.3, 0.4) is 0 Å². The van der Waals surface area contributed by atoms with Crippen LogP contribution in [0.1, 0.15) is 6.42 Å². The molecule has 0 aliphatic rings. The SMILES string of the molecule is C=CC(=O)NCCC[N+](C)(C)C.C=CCOS(=O)(=O)[O-]. The first kappa shape index (κ1) is 21.1. The number of nitrogens with one attached hydrogen (secondary N) is 1. The minimum atomic E-state index is -4.51. The number of carbonyl (C=O) groups excluding carboxylic acids is 1. The summed E-state index contributed by atoms with van der Waals surface area (Å²) in [6, 6.07) is 0. The van der Waals surface area contributed by atoms with Gasteiger partial charge in [0.2, 0.25) is 16.3 Å². The van der Waals surface area contributed by atoms with Crippen molar-refractivity contribution in [2.24, 2.45) is 0 Å². The number of quaternary nitrogens is 1. The minimum Gasteiger partial charge on any atom is -0.726 e. The zero-order chi connectivity index (χ0) is 16.2. The van der Waals surface area contributed by atoms with Crippen molar-refractivity contribution in [2.45, 2.75) is 6.42 Å². The topological polar surface area (TPSA) is 95.5 Å². The Bertz CT molecular complexity index is 399. The molecule has 0 atom stereocenters. The first-order valence-corrected chi connectivity index (χ1v) is 7.27. The standard InChI is InChI=1S/C9H18N2O.C3H6O4S/c1-5-9(12)10-7-6-8-11(2,3)4;1-2-3-7-8(4,5)6/h5H,1,6-8H2,2-4H3;2H,1,3H2,(H,4,5,6). The highest BCUT2D eigenvalue weighted by Gasteiger charge is 2.05. The lowest BCUT2D eigenvalue weighted by atomic mass is 10.3. The molecule has 0 aliphatic carbocycles. The molecule has 0 aromatic rings. The second kappa shape index (κ2) is 10.6. The maximum absolute atomic E-state index is 10.7. The van der Waals surface area contributed by atoms with Gasteiger partial charge in [0.05, 0.1) is 34.3 Å². The number of carbonyl (C=O) groups is 1. The largest absolute Gasteiger partial charge is 0.726 e. The van der Waals surface area contributed by atoms with Gasteiger partial charge in [-0.15, -0.1) is 6.58 Å². The number of hydrogen-bond acceptors (Lipinski definition) is 5. The molecule has 1 N–H and O–H groups in total. The van der Waals surface area contributed by atoms with Crippen LogP contribution in [0.25, 0.3) is 0 Å². The van der Waals surface area contributed by atoms with Gasteiger partial charge in [0, 0.05) is 13.0 Å². The van der Waals surface area contributed by atoms with Crippen LogP contribution in [0, 0.1) is 0 Å². The summed E-state index contributed by atoms with van der Waals surface area (Å²) in [7, 11) is 1.90. The molecule has 0 saturated heterocycles. The summed E-state index contributed by atoms with van der Waals surface area (Å²) in [6.45, 7) is 8.05. The third-order valence-corrected chi connectivity index (χ3v) is 2.25. The molecule has 0 bridgehead atoms. The van der Waals surface area contributed by atoms with Crippen LogP contribution < -0.4 is 5.32 Å². The van der Waals surface area contributed by atoms with E-state index in [2.05, 4.69) is 43.8 Å². The van der Waals surface area contributed by atoms with Crippen LogP contribution in [-0.2, 0) is 19.4 Å². The van der Waals surface area contributed by atoms with Gasteiger partial charge in [-0.05, 0) is 6.08 Å². The summed E-state index contributed by atoms with van der Waals surface area (Å²) in [6.07, 6.45) is 3.48. The fourth-order valence-corrected chi connectivity index (χ4v) is 1.23. The van der Waals surface area contributed by atoms with E-state index in [0.717, 1.165) is 24.0 Å². The van der Waals surface area contributed by atoms with Crippen LogP contribution in [-0.4, -0.2) is 64.2 Å². The molecule has 0 aromatic carbocycles. The first-order valence-electron chi connectivity index (χ1n) is 5.93. The van der Waals surface area contributed by atoms with Crippen LogP contribution in [0.2, 0.25) is 0 Å². The van der Waals surface area contributed by atoms with Gasteiger partial charge in [-0.3, -0.25) is 8.98 Å². The van der Waals surface area contributed by atoms with E-state index in [9.17, 15) is 17.8 Å². The van der Waals surface area contributed by atoms with Gasteiger partial charge in [0.1, 0.15) is 0 Å². The smallest absolute Gasteiger partial charge is 0.243 e. The van der Waals surface area contributed by atoms with Gasteiger partial charge < -0.3 is 14.4 Å². The molecule has 20 heavy (non-hydrogen) atoms. The Hall–Kier alpha value is -1.22. The van der Waals surface area contributed by atoms with Gasteiger partial charge in [-0.1, -0.05) is 12.7 Å². The number of amides is 1. The van der Waals surface area contributed by atoms with Crippen molar-refractivity contribution in [3.05, 3.63) is 25.3 Å². The zero-order valence-electron chi connectivity index (χ0n) is 12.3. The second-order valence-corrected chi connectivity index (χ2v) is 5.90. The Balaban J connectivity index is 0. The maximum atomic E-state index is 10.7. The van der Waals surface area contributed by atoms with Crippen LogP contribution in [0.15, 0.2) is 25.3 Å². The fraction of sp³-hybridized carbons (Fsp3) is 0.583. The van der Waals surface area contributed by atoms with E-state index in [1.165, 1.54) is 12.2 Å². The number of nitrogens with zero attached hydrogens (tertiary/aromatic N) is 1. The Morgan fingerprint density at radius 3 is 2.20 bits per heavy atom. The van der Waals surface area contributed by atoms with Crippen molar-refractivity contribution in [1.29, 1.82) is 0 Å². The van der Waals surface area contributed by atoms with Crippen molar-refractivity contribution in [2.75, 3.05) is 40.8 Å². The molecule has 0 saturated carbocycles. The van der Waals surface area contributed by atoms with Gasteiger partial charge in [-0.2, -0.15) is 0 Å². The zero-order valence-corrected chi connectivity index (χ0v) is 13.1. The van der Waals surface area contributed by atoms with E-state index in [1.54, 1.807) is 0 Å². The maximum Gasteiger partial charge on any atom is 0.243 e. The summed E-state index contributed by atoms with van der Waals surface area (Å²) in [5.74, 6) is -0.0867. The predicted molar refractivity (Wildman–Crippen MR) is 76.6 cm³/mol. The molecule has 0 aromatic heterocycles. The normalized spacial score (nSPS) is 11.0. The monoisotopic (exact) mass is 308 g/mol. The van der Waals surface area contributed by atoms with Crippen molar-refractivity contribution < 1.29 is 26.4 Å². The van der Waals surface area contributed by atoms with E-state index in [-0.39, 0.29) is 12.5 Å². The summed E-state index contributed by atoms with van der Waals surface area (Å²) in [4.78, 5) is 10.7. The lowest BCUT2D eigenvalue weighted by Gasteiger charge is -2.23. The number of hydrogen-bond donors (Lipinski definition) is 1. The van der Waals surface area contributed by atoms with Crippen molar-refractivity contribution in [3.63, 3.8) is 0 Å². The van der Waals surface area contributed by atoms with Crippen molar-refractivity contribution in [3.8, 4) is 0 Å². The molecule has 118 valence electrons. The van der Waals surface area contributed by atoms with Gasteiger partial charge in [0.25, 0.3) is 0 Å². The molecule has 0 spiro atoms. The third kappa shape index (κ3) is 22.0. The van der Waals surface area contributed by atoms with Crippen LogP contribution >= 0.6 is 0 Å². The summed E-state index contributed by atoms with van der Waals surface area (Å²) >= 11 is 0. The highest BCUT2D eigenvalue weighted by Crippen LogP contribution is 1.91. The third-order valence-electron chi connectivity index (χ3n) is 1.82. The molecule has 0 heterocycles. The Labute approximate surface area is 121 Å². The molecule has 1 amide bonds. The number of rotatable bonds is 8. The lowest BCUT2D eigenvalue weighted by molar-refractivity contribution is -0.870. The molecule has 0 fully saturated rings. The highest BCUT2D eigenvalue weighted by molar-refractivity contribution is 7.80. The fourth-order valence-electron chi connectivity index (χ4n) is 0.969. The lowest BCUT2D eigenvalue weighted by Crippen LogP contribution is -2.37. The molecule has 8 heteroatoms. The van der Waals surface area contributed by atoms with E-state index >= 15 is 0 Å². The van der Waals surface area contributed by atoms with Crippen molar-refractivity contribution >= 4 is 16.3 Å². The second-order valence-electron chi connectivity index (χ2n) is 4.84. The average Bonchev–Trinajstić information content (AvgIpc) is 2.30. The van der Waals surface area contributed by atoms with E-state index in [4.69, 9.17) is 0 Å². The first-order chi connectivity index (χ1) is 9.02. The minimum absolute atomic E-state index is 0.0867. The predicted octanol–water partition coefficient (Wildman–Crippen LogP) is 0.0341.